The van der Waals surface area contributed by atoms with Gasteiger partial charge in [-0.1, -0.05) is 13.3 Å². The third kappa shape index (κ3) is 3.53. The lowest BCUT2D eigenvalue weighted by molar-refractivity contribution is 0.140. The first kappa shape index (κ1) is 16.3. The van der Waals surface area contributed by atoms with Gasteiger partial charge in [0.15, 0.2) is 4.77 Å². The fraction of sp³-hybridized carbons (Fsp3) is 0.588. The van der Waals surface area contributed by atoms with Crippen LogP contribution in [0.3, 0.4) is 0 Å². The molecule has 2 aromatic heterocycles. The molecule has 1 aliphatic heterocycles. The second kappa shape index (κ2) is 7.36. The molecule has 1 aliphatic rings. The lowest BCUT2D eigenvalue weighted by Crippen LogP contribution is -2.40. The summed E-state index contributed by atoms with van der Waals surface area (Å²) in [5.41, 5.74) is 0.531. The minimum absolute atomic E-state index is 0.0393. The maximum Gasteiger partial charge on any atom is 0.263 e. The molecule has 1 atom stereocenters. The number of aromatic amines is 1. The molecule has 5 nitrogen and oxygen atoms in total. The topological polar surface area (TPSA) is 53.9 Å². The number of hydrogen-bond donors (Lipinski definition) is 1. The normalized spacial score (nSPS) is 19.3. The predicted molar refractivity (Wildman–Crippen MR) is 95.3 cm³/mol. The molecule has 124 valence electrons. The SMILES string of the molecule is CC[C@@H]1CCCCN1CCCn1c(=S)[nH]c2ncccc2c1=O. The number of aromatic nitrogens is 3. The predicted octanol–water partition coefficient (Wildman–Crippen LogP) is 3.11. The maximum absolute atomic E-state index is 12.6. The van der Waals surface area contributed by atoms with Crippen LogP contribution in [0.25, 0.3) is 11.0 Å². The number of piperidine rings is 1. The molecule has 1 saturated heterocycles. The van der Waals surface area contributed by atoms with Crippen LogP contribution in [-0.2, 0) is 6.54 Å². The zero-order valence-electron chi connectivity index (χ0n) is 13.6. The molecule has 0 radical (unpaired) electrons. The molecule has 1 N–H and O–H groups in total. The summed E-state index contributed by atoms with van der Waals surface area (Å²) in [6.45, 7) is 5.14. The first-order valence-corrected chi connectivity index (χ1v) is 8.93. The summed E-state index contributed by atoms with van der Waals surface area (Å²) in [5, 5.41) is 0.602. The molecule has 0 bridgehead atoms. The van der Waals surface area contributed by atoms with Crippen LogP contribution < -0.4 is 5.56 Å². The molecule has 3 rings (SSSR count). The van der Waals surface area contributed by atoms with Crippen LogP contribution in [0.4, 0.5) is 0 Å². The second-order valence-electron chi connectivity index (χ2n) is 6.23. The standard InChI is InChI=1S/C17H24N4OS/c1-2-13-7-3-4-10-20(13)11-6-12-21-16(22)14-8-5-9-18-15(14)19-17(21)23/h5,8-9,13H,2-4,6-7,10-12H2,1H3,(H,18,19,23)/t13-/m1/s1. The minimum Gasteiger partial charge on any atom is -0.316 e. The molecule has 2 aromatic rings. The van der Waals surface area contributed by atoms with Gasteiger partial charge in [0.2, 0.25) is 0 Å². The highest BCUT2D eigenvalue weighted by molar-refractivity contribution is 7.71. The van der Waals surface area contributed by atoms with Crippen molar-refractivity contribution in [2.24, 2.45) is 0 Å². The number of pyridine rings is 1. The number of likely N-dealkylation sites (tertiary alicyclic amines) is 1. The largest absolute Gasteiger partial charge is 0.316 e. The van der Waals surface area contributed by atoms with Crippen molar-refractivity contribution in [3.05, 3.63) is 33.5 Å². The second-order valence-corrected chi connectivity index (χ2v) is 6.62. The van der Waals surface area contributed by atoms with Gasteiger partial charge in [0, 0.05) is 25.3 Å². The summed E-state index contributed by atoms with van der Waals surface area (Å²) >= 11 is 5.34. The number of nitrogens with one attached hydrogen (secondary N) is 1. The highest BCUT2D eigenvalue weighted by atomic mass is 32.1. The first-order valence-electron chi connectivity index (χ1n) is 8.52. The van der Waals surface area contributed by atoms with Crippen LogP contribution in [0.15, 0.2) is 23.1 Å². The van der Waals surface area contributed by atoms with Gasteiger partial charge in [0.05, 0.1) is 5.39 Å². The lowest BCUT2D eigenvalue weighted by atomic mass is 10.00. The van der Waals surface area contributed by atoms with Crippen LogP contribution in [-0.4, -0.2) is 38.6 Å². The molecular weight excluding hydrogens is 308 g/mol. The summed E-state index contributed by atoms with van der Waals surface area (Å²) in [7, 11) is 0. The first-order chi connectivity index (χ1) is 11.2. The fourth-order valence-corrected chi connectivity index (χ4v) is 3.81. The van der Waals surface area contributed by atoms with E-state index in [1.54, 1.807) is 22.9 Å². The van der Waals surface area contributed by atoms with Crippen molar-refractivity contribution in [2.75, 3.05) is 13.1 Å². The van der Waals surface area contributed by atoms with Crippen molar-refractivity contribution in [1.82, 2.24) is 19.4 Å². The van der Waals surface area contributed by atoms with E-state index < -0.39 is 0 Å². The number of hydrogen-bond acceptors (Lipinski definition) is 4. The average Bonchev–Trinajstić information content (AvgIpc) is 2.58. The van der Waals surface area contributed by atoms with Gasteiger partial charge < -0.3 is 9.88 Å². The summed E-state index contributed by atoms with van der Waals surface area (Å²) in [4.78, 5) is 22.4. The average molecular weight is 332 g/mol. The molecule has 1 fully saturated rings. The third-order valence-corrected chi connectivity index (χ3v) is 5.12. The van der Waals surface area contributed by atoms with Crippen LogP contribution in [0, 0.1) is 4.77 Å². The molecule has 0 aliphatic carbocycles. The zero-order valence-corrected chi connectivity index (χ0v) is 14.4. The monoisotopic (exact) mass is 332 g/mol. The fourth-order valence-electron chi connectivity index (χ4n) is 3.54. The summed E-state index contributed by atoms with van der Waals surface area (Å²) in [5.74, 6) is 0. The summed E-state index contributed by atoms with van der Waals surface area (Å²) in [6.07, 6.45) is 7.76. The van der Waals surface area contributed by atoms with E-state index in [1.165, 1.54) is 32.2 Å². The Morgan fingerprint density at radius 2 is 2.26 bits per heavy atom. The highest BCUT2D eigenvalue weighted by Gasteiger charge is 2.20. The van der Waals surface area contributed by atoms with E-state index in [0.29, 0.717) is 28.4 Å². The summed E-state index contributed by atoms with van der Waals surface area (Å²) < 4.78 is 2.14. The lowest BCUT2D eigenvalue weighted by Gasteiger charge is -2.35. The molecular formula is C17H24N4OS. The molecule has 6 heteroatoms. The van der Waals surface area contributed by atoms with E-state index in [9.17, 15) is 4.79 Å². The van der Waals surface area contributed by atoms with E-state index in [-0.39, 0.29) is 5.56 Å². The van der Waals surface area contributed by atoms with Gasteiger partial charge >= 0.3 is 0 Å². The Morgan fingerprint density at radius 1 is 1.39 bits per heavy atom. The van der Waals surface area contributed by atoms with Gasteiger partial charge in [0.1, 0.15) is 5.65 Å². The molecule has 3 heterocycles. The Bertz CT molecular complexity index is 782. The Labute approximate surface area is 141 Å². The van der Waals surface area contributed by atoms with Gasteiger partial charge in [-0.3, -0.25) is 9.36 Å². The van der Waals surface area contributed by atoms with Crippen molar-refractivity contribution in [3.8, 4) is 0 Å². The quantitative estimate of drug-likeness (QED) is 0.855. The third-order valence-electron chi connectivity index (χ3n) is 4.80. The van der Waals surface area contributed by atoms with Crippen LogP contribution in [0.2, 0.25) is 0 Å². The number of H-pyrrole nitrogens is 1. The van der Waals surface area contributed by atoms with Crippen molar-refractivity contribution >= 4 is 23.3 Å². The van der Waals surface area contributed by atoms with Crippen LogP contribution >= 0.6 is 12.2 Å². The Balaban J connectivity index is 1.72. The molecule has 0 aromatic carbocycles. The maximum atomic E-state index is 12.6. The van der Waals surface area contributed by atoms with Crippen molar-refractivity contribution in [2.45, 2.75) is 51.6 Å². The Morgan fingerprint density at radius 3 is 3.09 bits per heavy atom. The van der Waals surface area contributed by atoms with Crippen LogP contribution in [0.1, 0.15) is 39.0 Å². The number of fused-ring (bicyclic) bond motifs is 1. The van der Waals surface area contributed by atoms with Crippen molar-refractivity contribution < 1.29 is 0 Å². The van der Waals surface area contributed by atoms with Crippen molar-refractivity contribution in [3.63, 3.8) is 0 Å². The summed E-state index contributed by atoms with van der Waals surface area (Å²) in [6, 6.07) is 4.28. The van der Waals surface area contributed by atoms with E-state index in [0.717, 1.165) is 13.0 Å². The molecule has 0 amide bonds. The molecule has 0 unspecified atom stereocenters. The Hall–Kier alpha value is -1.53. The molecule has 0 saturated carbocycles. The highest BCUT2D eigenvalue weighted by Crippen LogP contribution is 2.19. The van der Waals surface area contributed by atoms with Crippen LogP contribution in [0.5, 0.6) is 0 Å². The van der Waals surface area contributed by atoms with Gasteiger partial charge in [-0.2, -0.15) is 0 Å². The number of nitrogens with zero attached hydrogens (tertiary/aromatic N) is 3. The van der Waals surface area contributed by atoms with Gasteiger partial charge in [-0.25, -0.2) is 4.98 Å². The van der Waals surface area contributed by atoms with Gasteiger partial charge in [-0.05, 0) is 56.6 Å². The minimum atomic E-state index is -0.0393. The van der Waals surface area contributed by atoms with E-state index in [1.807, 2.05) is 0 Å². The Kier molecular flexibility index (Phi) is 5.23. The zero-order chi connectivity index (χ0) is 16.2. The van der Waals surface area contributed by atoms with Gasteiger partial charge in [0.25, 0.3) is 5.56 Å². The van der Waals surface area contributed by atoms with E-state index in [4.69, 9.17) is 12.2 Å². The van der Waals surface area contributed by atoms with E-state index in [2.05, 4.69) is 21.8 Å². The van der Waals surface area contributed by atoms with Gasteiger partial charge in [-0.15, -0.1) is 0 Å². The van der Waals surface area contributed by atoms with Crippen molar-refractivity contribution in [1.29, 1.82) is 0 Å². The molecule has 0 spiro atoms. The number of rotatable bonds is 5. The smallest absolute Gasteiger partial charge is 0.263 e. The molecule has 23 heavy (non-hydrogen) atoms. The van der Waals surface area contributed by atoms with E-state index >= 15 is 0 Å².